The molecule has 0 spiro atoms. The first-order chi connectivity index (χ1) is 9.99. The molecule has 21 heavy (non-hydrogen) atoms. The standard InChI is InChI=1S/C13H14F2N2O4/c14-10-5-12(17(19)20)11(15)4-9(10)13(18)16-6-8-2-1-3-21-7-8/h4-5,8H,1-3,6-7H2,(H,16,18). The Morgan fingerprint density at radius 2 is 2.19 bits per heavy atom. The van der Waals surface area contributed by atoms with Crippen LogP contribution < -0.4 is 5.32 Å². The summed E-state index contributed by atoms with van der Waals surface area (Å²) in [5.41, 5.74) is -1.54. The number of hydrogen-bond acceptors (Lipinski definition) is 4. The van der Waals surface area contributed by atoms with Gasteiger partial charge in [-0.3, -0.25) is 14.9 Å². The maximum atomic E-state index is 13.6. The van der Waals surface area contributed by atoms with E-state index in [-0.39, 0.29) is 12.5 Å². The molecular weight excluding hydrogens is 286 g/mol. The fourth-order valence-corrected chi connectivity index (χ4v) is 2.15. The van der Waals surface area contributed by atoms with Crippen molar-refractivity contribution in [2.24, 2.45) is 5.92 Å². The van der Waals surface area contributed by atoms with Crippen molar-refractivity contribution >= 4 is 11.6 Å². The van der Waals surface area contributed by atoms with E-state index in [0.29, 0.717) is 25.3 Å². The van der Waals surface area contributed by atoms with Gasteiger partial charge in [-0.15, -0.1) is 0 Å². The van der Waals surface area contributed by atoms with Crippen LogP contribution in [0.4, 0.5) is 14.5 Å². The smallest absolute Gasteiger partial charge is 0.307 e. The van der Waals surface area contributed by atoms with Gasteiger partial charge in [0.05, 0.1) is 23.2 Å². The molecule has 0 aromatic heterocycles. The maximum absolute atomic E-state index is 13.6. The Balaban J connectivity index is 2.05. The minimum atomic E-state index is -1.24. The largest absolute Gasteiger partial charge is 0.381 e. The Kier molecular flexibility index (Phi) is 4.79. The Bertz CT molecular complexity index is 559. The van der Waals surface area contributed by atoms with E-state index < -0.39 is 33.7 Å². The third-order valence-electron chi connectivity index (χ3n) is 3.28. The first-order valence-corrected chi connectivity index (χ1v) is 6.48. The summed E-state index contributed by atoms with van der Waals surface area (Å²) in [7, 11) is 0. The van der Waals surface area contributed by atoms with Gasteiger partial charge in [0.2, 0.25) is 5.82 Å². The molecule has 0 radical (unpaired) electrons. The predicted molar refractivity (Wildman–Crippen MR) is 68.9 cm³/mol. The summed E-state index contributed by atoms with van der Waals surface area (Å²) in [4.78, 5) is 21.2. The molecule has 1 aliphatic heterocycles. The van der Waals surface area contributed by atoms with Gasteiger partial charge in [0.1, 0.15) is 5.82 Å². The van der Waals surface area contributed by atoms with Crippen molar-refractivity contribution in [1.29, 1.82) is 0 Å². The summed E-state index contributed by atoms with van der Waals surface area (Å²) in [6.07, 6.45) is 1.78. The van der Waals surface area contributed by atoms with E-state index in [0.717, 1.165) is 12.8 Å². The number of nitrogens with zero attached hydrogens (tertiary/aromatic N) is 1. The minimum Gasteiger partial charge on any atom is -0.381 e. The molecule has 1 fully saturated rings. The number of rotatable bonds is 4. The minimum absolute atomic E-state index is 0.133. The van der Waals surface area contributed by atoms with Crippen molar-refractivity contribution in [2.75, 3.05) is 19.8 Å². The van der Waals surface area contributed by atoms with E-state index in [1.54, 1.807) is 0 Å². The zero-order valence-corrected chi connectivity index (χ0v) is 11.1. The van der Waals surface area contributed by atoms with E-state index in [1.165, 1.54) is 0 Å². The third-order valence-corrected chi connectivity index (χ3v) is 3.28. The second-order valence-corrected chi connectivity index (χ2v) is 4.83. The highest BCUT2D eigenvalue weighted by molar-refractivity contribution is 5.94. The summed E-state index contributed by atoms with van der Waals surface area (Å²) >= 11 is 0. The monoisotopic (exact) mass is 300 g/mol. The van der Waals surface area contributed by atoms with Crippen molar-refractivity contribution in [1.82, 2.24) is 5.32 Å². The Morgan fingerprint density at radius 1 is 1.43 bits per heavy atom. The highest BCUT2D eigenvalue weighted by Gasteiger charge is 2.23. The summed E-state index contributed by atoms with van der Waals surface area (Å²) < 4.78 is 32.3. The van der Waals surface area contributed by atoms with Gasteiger partial charge in [-0.1, -0.05) is 0 Å². The molecule has 2 rings (SSSR count). The number of nitro groups is 1. The van der Waals surface area contributed by atoms with Gasteiger partial charge in [-0.05, 0) is 24.8 Å². The number of carbonyl (C=O) groups is 1. The highest BCUT2D eigenvalue weighted by atomic mass is 19.1. The van der Waals surface area contributed by atoms with Gasteiger partial charge in [0.25, 0.3) is 5.91 Å². The Morgan fingerprint density at radius 3 is 2.81 bits per heavy atom. The van der Waals surface area contributed by atoms with Crippen LogP contribution in [0, 0.1) is 27.7 Å². The number of hydrogen-bond donors (Lipinski definition) is 1. The molecular formula is C13H14F2N2O4. The lowest BCUT2D eigenvalue weighted by Gasteiger charge is -2.22. The van der Waals surface area contributed by atoms with Gasteiger partial charge in [-0.2, -0.15) is 4.39 Å². The lowest BCUT2D eigenvalue weighted by atomic mass is 10.0. The Labute approximate surface area is 119 Å². The number of amides is 1. The summed E-state index contributed by atoms with van der Waals surface area (Å²) in [5.74, 6) is -3.03. The molecule has 0 aliphatic carbocycles. The Hall–Kier alpha value is -2.09. The van der Waals surface area contributed by atoms with E-state index in [4.69, 9.17) is 4.74 Å². The number of nitrogens with one attached hydrogen (secondary N) is 1. The first kappa shape index (κ1) is 15.3. The van der Waals surface area contributed by atoms with Crippen LogP contribution >= 0.6 is 0 Å². The average molecular weight is 300 g/mol. The second-order valence-electron chi connectivity index (χ2n) is 4.83. The highest BCUT2D eigenvalue weighted by Crippen LogP contribution is 2.21. The van der Waals surface area contributed by atoms with Crippen LogP contribution in [0.5, 0.6) is 0 Å². The van der Waals surface area contributed by atoms with Gasteiger partial charge in [0.15, 0.2) is 0 Å². The molecule has 1 atom stereocenters. The second kappa shape index (κ2) is 6.57. The molecule has 1 aromatic rings. The SMILES string of the molecule is O=C(NCC1CCCOC1)c1cc(F)c([N+](=O)[O-])cc1F. The molecule has 114 valence electrons. The molecule has 6 nitrogen and oxygen atoms in total. The van der Waals surface area contributed by atoms with Crippen LogP contribution in [0.2, 0.25) is 0 Å². The van der Waals surface area contributed by atoms with Gasteiger partial charge in [-0.25, -0.2) is 4.39 Å². The van der Waals surface area contributed by atoms with Crippen LogP contribution in [0.15, 0.2) is 12.1 Å². The van der Waals surface area contributed by atoms with Crippen LogP contribution in [-0.4, -0.2) is 30.6 Å². The van der Waals surface area contributed by atoms with Gasteiger partial charge < -0.3 is 10.1 Å². The van der Waals surface area contributed by atoms with Gasteiger partial charge in [0, 0.05) is 13.2 Å². The van der Waals surface area contributed by atoms with E-state index in [2.05, 4.69) is 5.32 Å². The fourth-order valence-electron chi connectivity index (χ4n) is 2.15. The zero-order chi connectivity index (χ0) is 15.4. The van der Waals surface area contributed by atoms with Crippen LogP contribution in [0.1, 0.15) is 23.2 Å². The molecule has 1 amide bonds. The summed E-state index contributed by atoms with van der Waals surface area (Å²) in [5, 5.41) is 13.0. The number of halogens is 2. The summed E-state index contributed by atoms with van der Waals surface area (Å²) in [6.45, 7) is 1.49. The van der Waals surface area contributed by atoms with Crippen molar-refractivity contribution in [3.8, 4) is 0 Å². The van der Waals surface area contributed by atoms with E-state index >= 15 is 0 Å². The maximum Gasteiger partial charge on any atom is 0.307 e. The van der Waals surface area contributed by atoms with Crippen LogP contribution in [0.3, 0.4) is 0 Å². The molecule has 0 saturated carbocycles. The number of carbonyl (C=O) groups excluding carboxylic acids is 1. The molecule has 1 N–H and O–H groups in total. The normalized spacial score (nSPS) is 18.3. The van der Waals surface area contributed by atoms with Crippen LogP contribution in [0.25, 0.3) is 0 Å². The topological polar surface area (TPSA) is 81.5 Å². The molecule has 1 saturated heterocycles. The number of benzene rings is 1. The van der Waals surface area contributed by atoms with Crippen molar-refractivity contribution in [3.63, 3.8) is 0 Å². The lowest BCUT2D eigenvalue weighted by molar-refractivity contribution is -0.387. The molecule has 8 heteroatoms. The quantitative estimate of drug-likeness (QED) is 0.681. The predicted octanol–water partition coefficient (Wildman–Crippen LogP) is 2.03. The molecule has 0 bridgehead atoms. The van der Waals surface area contributed by atoms with E-state index in [1.807, 2.05) is 0 Å². The van der Waals surface area contributed by atoms with Crippen molar-refractivity contribution < 1.29 is 23.2 Å². The lowest BCUT2D eigenvalue weighted by Crippen LogP contribution is -2.33. The molecule has 1 heterocycles. The molecule has 1 unspecified atom stereocenters. The first-order valence-electron chi connectivity index (χ1n) is 6.48. The zero-order valence-electron chi connectivity index (χ0n) is 11.1. The fraction of sp³-hybridized carbons (Fsp3) is 0.462. The summed E-state index contributed by atoms with van der Waals surface area (Å²) in [6, 6.07) is 0.953. The number of nitro benzene ring substituents is 1. The van der Waals surface area contributed by atoms with Crippen molar-refractivity contribution in [3.05, 3.63) is 39.4 Å². The average Bonchev–Trinajstić information content (AvgIpc) is 2.47. The van der Waals surface area contributed by atoms with Gasteiger partial charge >= 0.3 is 5.69 Å². The number of ether oxygens (including phenoxy) is 1. The molecule has 1 aromatic carbocycles. The van der Waals surface area contributed by atoms with Crippen LogP contribution in [-0.2, 0) is 4.74 Å². The van der Waals surface area contributed by atoms with E-state index in [9.17, 15) is 23.7 Å². The van der Waals surface area contributed by atoms with Crippen molar-refractivity contribution in [2.45, 2.75) is 12.8 Å². The molecule has 1 aliphatic rings. The third kappa shape index (κ3) is 3.72.